The van der Waals surface area contributed by atoms with Crippen molar-refractivity contribution in [2.24, 2.45) is 5.84 Å². The van der Waals surface area contributed by atoms with E-state index in [0.29, 0.717) is 11.3 Å². The van der Waals surface area contributed by atoms with Gasteiger partial charge in [-0.2, -0.15) is 11.8 Å². The summed E-state index contributed by atoms with van der Waals surface area (Å²) in [5, 5.41) is 2.97. The van der Waals surface area contributed by atoms with Crippen LogP contribution in [0.3, 0.4) is 0 Å². The maximum Gasteiger partial charge on any atom is 0.253 e. The highest BCUT2D eigenvalue weighted by molar-refractivity contribution is 8.00. The molecule has 1 aliphatic carbocycles. The molecule has 0 heterocycles. The van der Waals surface area contributed by atoms with E-state index in [2.05, 4.69) is 17.0 Å². The zero-order valence-electron chi connectivity index (χ0n) is 9.82. The average molecular weight is 251 g/mol. The van der Waals surface area contributed by atoms with Gasteiger partial charge in [-0.15, -0.1) is 0 Å². The number of amides is 1. The summed E-state index contributed by atoms with van der Waals surface area (Å²) in [5.41, 5.74) is 3.78. The molecule has 92 valence electrons. The third-order valence-electron chi connectivity index (χ3n) is 3.14. The molecule has 1 saturated carbocycles. The molecule has 0 saturated heterocycles. The molecule has 0 unspecified atom stereocenters. The first kappa shape index (κ1) is 12.3. The van der Waals surface area contributed by atoms with Gasteiger partial charge in [-0.25, -0.2) is 0 Å². The highest BCUT2D eigenvalue weighted by Gasteiger charge is 2.41. The number of hydrazine groups is 1. The van der Waals surface area contributed by atoms with Crippen molar-refractivity contribution in [2.75, 3.05) is 18.2 Å². The largest absolute Gasteiger partial charge is 0.351 e. The fourth-order valence-electron chi connectivity index (χ4n) is 1.74. The monoisotopic (exact) mass is 251 g/mol. The molecule has 1 aromatic rings. The van der Waals surface area contributed by atoms with Crippen LogP contribution in [0, 0.1) is 0 Å². The first-order valence-electron chi connectivity index (χ1n) is 5.60. The fraction of sp³-hybridized carbons (Fsp3) is 0.417. The molecule has 1 amide bonds. The van der Waals surface area contributed by atoms with Crippen molar-refractivity contribution in [3.63, 3.8) is 0 Å². The number of nitrogen functional groups attached to an aromatic ring is 1. The number of anilines is 1. The highest BCUT2D eigenvalue weighted by Crippen LogP contribution is 2.46. The van der Waals surface area contributed by atoms with Gasteiger partial charge in [0, 0.05) is 11.3 Å². The highest BCUT2D eigenvalue weighted by atomic mass is 32.2. The third-order valence-corrected chi connectivity index (χ3v) is 4.56. The number of benzene rings is 1. The summed E-state index contributed by atoms with van der Waals surface area (Å²) < 4.78 is 0.279. The van der Waals surface area contributed by atoms with Crippen LogP contribution >= 0.6 is 11.8 Å². The van der Waals surface area contributed by atoms with Crippen molar-refractivity contribution in [2.45, 2.75) is 17.6 Å². The predicted molar refractivity (Wildman–Crippen MR) is 72.1 cm³/mol. The minimum Gasteiger partial charge on any atom is -0.351 e. The van der Waals surface area contributed by atoms with Gasteiger partial charge in [-0.3, -0.25) is 10.6 Å². The molecule has 0 aromatic heterocycles. The van der Waals surface area contributed by atoms with Gasteiger partial charge in [0.2, 0.25) is 0 Å². The van der Waals surface area contributed by atoms with E-state index in [-0.39, 0.29) is 10.7 Å². The topological polar surface area (TPSA) is 67.2 Å². The van der Waals surface area contributed by atoms with Crippen LogP contribution in [0.25, 0.3) is 0 Å². The molecule has 0 atom stereocenters. The van der Waals surface area contributed by atoms with Gasteiger partial charge in [0.25, 0.3) is 5.91 Å². The molecular formula is C12H17N3OS. The van der Waals surface area contributed by atoms with E-state index in [0.717, 1.165) is 6.54 Å². The molecule has 4 nitrogen and oxygen atoms in total. The summed E-state index contributed by atoms with van der Waals surface area (Å²) in [6, 6.07) is 7.23. The molecule has 0 bridgehead atoms. The van der Waals surface area contributed by atoms with Gasteiger partial charge in [0.15, 0.2) is 0 Å². The number of carbonyl (C=O) groups is 1. The van der Waals surface area contributed by atoms with E-state index in [1.54, 1.807) is 12.1 Å². The predicted octanol–water partition coefficient (Wildman–Crippen LogP) is 1.60. The molecule has 0 aliphatic heterocycles. The molecule has 5 heteroatoms. The lowest BCUT2D eigenvalue weighted by Gasteiger charge is -2.14. The quantitative estimate of drug-likeness (QED) is 0.549. The SMILES string of the molecule is CSC1(CNC(=O)c2ccccc2NN)CC1. The summed E-state index contributed by atoms with van der Waals surface area (Å²) in [7, 11) is 0. The van der Waals surface area contributed by atoms with Crippen LogP contribution in [-0.2, 0) is 0 Å². The molecule has 0 radical (unpaired) electrons. The molecule has 0 spiro atoms. The van der Waals surface area contributed by atoms with Crippen molar-refractivity contribution in [3.8, 4) is 0 Å². The van der Waals surface area contributed by atoms with Crippen molar-refractivity contribution >= 4 is 23.4 Å². The van der Waals surface area contributed by atoms with Crippen molar-refractivity contribution in [1.82, 2.24) is 5.32 Å². The van der Waals surface area contributed by atoms with Crippen LogP contribution in [0.4, 0.5) is 5.69 Å². The van der Waals surface area contributed by atoms with Crippen molar-refractivity contribution < 1.29 is 4.79 Å². The van der Waals surface area contributed by atoms with E-state index >= 15 is 0 Å². The van der Waals surface area contributed by atoms with Crippen molar-refractivity contribution in [1.29, 1.82) is 0 Å². The number of nitrogens with two attached hydrogens (primary N) is 1. The van der Waals surface area contributed by atoms with E-state index in [1.807, 2.05) is 23.9 Å². The second kappa shape index (κ2) is 4.98. The zero-order chi connectivity index (χ0) is 12.3. The lowest BCUT2D eigenvalue weighted by Crippen LogP contribution is -2.32. The summed E-state index contributed by atoms with van der Waals surface area (Å²) >= 11 is 1.83. The Hall–Kier alpha value is -1.20. The fourth-order valence-corrected chi connectivity index (χ4v) is 2.46. The second-order valence-electron chi connectivity index (χ2n) is 4.26. The maximum atomic E-state index is 12.0. The molecule has 1 fully saturated rings. The van der Waals surface area contributed by atoms with Crippen LogP contribution in [-0.4, -0.2) is 23.5 Å². The van der Waals surface area contributed by atoms with Gasteiger partial charge in [0.05, 0.1) is 11.3 Å². The number of carbonyl (C=O) groups excluding carboxylic acids is 1. The Morgan fingerprint density at radius 2 is 2.18 bits per heavy atom. The Morgan fingerprint density at radius 3 is 2.76 bits per heavy atom. The lowest BCUT2D eigenvalue weighted by atomic mass is 10.1. The standard InChI is InChI=1S/C12H17N3OS/c1-17-12(6-7-12)8-14-11(16)9-4-2-3-5-10(9)15-13/h2-5,15H,6-8,13H2,1H3,(H,14,16). The molecular weight excluding hydrogens is 234 g/mol. The Bertz CT molecular complexity index is 418. The number of para-hydroxylation sites is 1. The Labute approximate surface area is 105 Å². The van der Waals surface area contributed by atoms with Crippen LogP contribution in [0.1, 0.15) is 23.2 Å². The van der Waals surface area contributed by atoms with Crippen LogP contribution in [0.15, 0.2) is 24.3 Å². The van der Waals surface area contributed by atoms with E-state index in [9.17, 15) is 4.79 Å². The Kier molecular flexibility index (Phi) is 3.59. The van der Waals surface area contributed by atoms with Gasteiger partial charge < -0.3 is 10.7 Å². The Balaban J connectivity index is 1.99. The van der Waals surface area contributed by atoms with E-state index in [1.165, 1.54) is 12.8 Å². The van der Waals surface area contributed by atoms with E-state index < -0.39 is 0 Å². The third kappa shape index (κ3) is 2.73. The molecule has 2 rings (SSSR count). The zero-order valence-corrected chi connectivity index (χ0v) is 10.6. The van der Waals surface area contributed by atoms with Gasteiger partial charge in [0.1, 0.15) is 0 Å². The summed E-state index contributed by atoms with van der Waals surface area (Å²) in [4.78, 5) is 12.0. The van der Waals surface area contributed by atoms with Crippen molar-refractivity contribution in [3.05, 3.63) is 29.8 Å². The Morgan fingerprint density at radius 1 is 1.47 bits per heavy atom. The number of hydrogen-bond acceptors (Lipinski definition) is 4. The summed E-state index contributed by atoms with van der Waals surface area (Å²) in [6.07, 6.45) is 4.46. The van der Waals surface area contributed by atoms with Crippen LogP contribution in [0.5, 0.6) is 0 Å². The smallest absolute Gasteiger partial charge is 0.253 e. The first-order chi connectivity index (χ1) is 8.21. The minimum atomic E-state index is -0.0705. The minimum absolute atomic E-state index is 0.0705. The van der Waals surface area contributed by atoms with Gasteiger partial charge in [-0.1, -0.05) is 12.1 Å². The number of thioether (sulfide) groups is 1. The molecule has 1 aliphatic rings. The van der Waals surface area contributed by atoms with E-state index in [4.69, 9.17) is 5.84 Å². The first-order valence-corrected chi connectivity index (χ1v) is 6.82. The summed E-state index contributed by atoms with van der Waals surface area (Å²) in [6.45, 7) is 0.728. The number of nitrogens with one attached hydrogen (secondary N) is 2. The van der Waals surface area contributed by atoms with Crippen LogP contribution in [0.2, 0.25) is 0 Å². The number of hydrogen-bond donors (Lipinski definition) is 3. The van der Waals surface area contributed by atoms with Gasteiger partial charge in [-0.05, 0) is 31.2 Å². The normalized spacial score (nSPS) is 16.4. The summed E-state index contributed by atoms with van der Waals surface area (Å²) in [5.74, 6) is 5.30. The lowest BCUT2D eigenvalue weighted by molar-refractivity contribution is 0.0954. The molecule has 17 heavy (non-hydrogen) atoms. The average Bonchev–Trinajstić information content (AvgIpc) is 3.16. The number of rotatable bonds is 5. The van der Waals surface area contributed by atoms with Crippen LogP contribution < -0.4 is 16.6 Å². The maximum absolute atomic E-state index is 12.0. The molecule has 1 aromatic carbocycles. The molecule has 4 N–H and O–H groups in total. The van der Waals surface area contributed by atoms with Gasteiger partial charge >= 0.3 is 0 Å². The second-order valence-corrected chi connectivity index (χ2v) is 5.53.